The number of nitrogens with zero attached hydrogens (tertiary/aromatic N) is 4. The number of carbonyl (C=O) groups is 3. The van der Waals surface area contributed by atoms with Gasteiger partial charge in [-0.25, -0.2) is 33.4 Å². The van der Waals surface area contributed by atoms with Gasteiger partial charge >= 0.3 is 28.8 Å². The van der Waals surface area contributed by atoms with Crippen LogP contribution in [0.3, 0.4) is 0 Å². The molecule has 25 nitrogen and oxygen atoms in total. The number of nitrogens with two attached hydrogens (primary N) is 1. The van der Waals surface area contributed by atoms with Crippen molar-refractivity contribution in [2.75, 3.05) is 44.4 Å². The average molecular weight is 966 g/mol. The van der Waals surface area contributed by atoms with Crippen molar-refractivity contribution in [1.29, 1.82) is 0 Å². The van der Waals surface area contributed by atoms with Crippen LogP contribution in [0.15, 0.2) is 12.7 Å². The first-order chi connectivity index (χ1) is 29.1. The number of hydrogen-bond donors (Lipinski definition) is 9. The van der Waals surface area contributed by atoms with Crippen LogP contribution in [-0.2, 0) is 50.6 Å². The monoisotopic (exact) mass is 965 g/mol. The number of amides is 2. The van der Waals surface area contributed by atoms with Crippen molar-refractivity contribution in [2.24, 2.45) is 5.41 Å². The molecule has 1 aliphatic heterocycles. The third kappa shape index (κ3) is 18.5. The number of carbonyl (C=O) groups excluding carboxylic acids is 3. The first-order valence-corrected chi connectivity index (χ1v) is 25.2. The zero-order valence-electron chi connectivity index (χ0n) is 34.6. The summed E-state index contributed by atoms with van der Waals surface area (Å²) in [6.45, 7) is 2.96. The van der Waals surface area contributed by atoms with Gasteiger partial charge in [0.15, 0.2) is 17.7 Å². The number of hydrogen-bond acceptors (Lipinski definition) is 19. The van der Waals surface area contributed by atoms with Crippen LogP contribution in [0.1, 0.15) is 91.2 Å². The second-order valence-electron chi connectivity index (χ2n) is 14.8. The molecule has 3 rings (SSSR count). The van der Waals surface area contributed by atoms with E-state index in [4.69, 9.17) is 24.3 Å². The fraction of sp³-hybridized carbons (Fsp3) is 0.758. The Morgan fingerprint density at radius 3 is 2.26 bits per heavy atom. The quantitative estimate of drug-likeness (QED) is 0.0321. The molecule has 1 saturated heterocycles. The van der Waals surface area contributed by atoms with Crippen molar-refractivity contribution >= 4 is 69.3 Å². The lowest BCUT2D eigenvalue weighted by Gasteiger charge is -2.30. The van der Waals surface area contributed by atoms with Gasteiger partial charge in [-0.2, -0.15) is 4.31 Å². The Kier molecular flexibility index (Phi) is 21.8. The molecule has 3 heterocycles. The topological polar surface area (TPSA) is 373 Å². The van der Waals surface area contributed by atoms with Crippen molar-refractivity contribution in [3.63, 3.8) is 0 Å². The fourth-order valence-corrected chi connectivity index (χ4v) is 9.24. The van der Waals surface area contributed by atoms with Gasteiger partial charge in [-0.1, -0.05) is 72.1 Å². The molecule has 2 unspecified atom stereocenters. The van der Waals surface area contributed by atoms with Crippen molar-refractivity contribution in [3.8, 4) is 0 Å². The third-order valence-electron chi connectivity index (χ3n) is 9.19. The predicted octanol–water partition coefficient (Wildman–Crippen LogP) is 2.81. The van der Waals surface area contributed by atoms with Gasteiger partial charge in [-0.15, -0.1) is 0 Å². The Morgan fingerprint density at radius 2 is 1.60 bits per heavy atom. The van der Waals surface area contributed by atoms with Crippen LogP contribution in [0.2, 0.25) is 0 Å². The van der Waals surface area contributed by atoms with Gasteiger partial charge in [0.2, 0.25) is 11.8 Å². The van der Waals surface area contributed by atoms with Crippen LogP contribution in [0, 0.1) is 5.41 Å². The Labute approximate surface area is 362 Å². The summed E-state index contributed by atoms with van der Waals surface area (Å²) in [5.41, 5.74) is 4.26. The number of aromatic nitrogens is 4. The number of imidazole rings is 1. The summed E-state index contributed by atoms with van der Waals surface area (Å²) < 4.78 is 67.5. The van der Waals surface area contributed by atoms with E-state index >= 15 is 0 Å². The number of anilines is 1. The van der Waals surface area contributed by atoms with E-state index in [1.807, 2.05) is 0 Å². The molecule has 1 aliphatic rings. The van der Waals surface area contributed by atoms with E-state index in [1.54, 1.807) is 0 Å². The maximum Gasteiger partial charge on any atom is 0.481 e. The number of unbranched alkanes of at least 4 members (excludes halogenated alkanes) is 8. The van der Waals surface area contributed by atoms with Gasteiger partial charge in [0.05, 0.1) is 26.1 Å². The summed E-state index contributed by atoms with van der Waals surface area (Å²) in [4.78, 5) is 87.8. The Bertz CT molecular complexity index is 1910. The minimum atomic E-state index is -5.58. The van der Waals surface area contributed by atoms with Crippen LogP contribution in [-0.4, -0.2) is 130 Å². The third-order valence-corrected chi connectivity index (χ3v) is 13.1. The molecule has 354 valence electrons. The van der Waals surface area contributed by atoms with E-state index < -0.39 is 89.9 Å². The molecule has 1 fully saturated rings. The maximum absolute atomic E-state index is 12.7. The van der Waals surface area contributed by atoms with E-state index in [-0.39, 0.29) is 42.2 Å². The van der Waals surface area contributed by atoms with Gasteiger partial charge in [0, 0.05) is 30.7 Å². The number of aliphatic hydroxyl groups excluding tert-OH is 2. The molecule has 62 heavy (non-hydrogen) atoms. The first-order valence-electron chi connectivity index (χ1n) is 19.7. The van der Waals surface area contributed by atoms with Crippen molar-refractivity contribution in [3.05, 3.63) is 12.7 Å². The van der Waals surface area contributed by atoms with Crippen LogP contribution < -0.4 is 16.4 Å². The lowest BCUT2D eigenvalue weighted by Crippen LogP contribution is -2.46. The van der Waals surface area contributed by atoms with Crippen LogP contribution in [0.25, 0.3) is 11.2 Å². The van der Waals surface area contributed by atoms with E-state index in [9.17, 15) is 57.9 Å². The molecule has 10 N–H and O–H groups in total. The normalized spacial score (nSPS) is 20.7. The molecule has 0 saturated carbocycles. The van der Waals surface area contributed by atoms with Crippen LogP contribution in [0.4, 0.5) is 10.6 Å². The Morgan fingerprint density at radius 1 is 0.952 bits per heavy atom. The van der Waals surface area contributed by atoms with Gasteiger partial charge < -0.3 is 55.6 Å². The highest BCUT2D eigenvalue weighted by Gasteiger charge is 2.50. The molecule has 0 aromatic carbocycles. The molecule has 0 aliphatic carbocycles. The van der Waals surface area contributed by atoms with Crippen LogP contribution >= 0.6 is 35.2 Å². The average Bonchev–Trinajstić information content (AvgIpc) is 3.75. The lowest BCUT2D eigenvalue weighted by atomic mass is 9.87. The molecule has 2 aromatic rings. The highest BCUT2D eigenvalue weighted by Crippen LogP contribution is 2.61. The number of phosphoric ester groups is 3. The van der Waals surface area contributed by atoms with Gasteiger partial charge in [-0.05, 0) is 18.2 Å². The molecular formula is C33H58N7O18P3S. The van der Waals surface area contributed by atoms with E-state index in [1.165, 1.54) is 52.4 Å². The van der Waals surface area contributed by atoms with Crippen LogP contribution in [0.5, 0.6) is 0 Å². The molecule has 0 bridgehead atoms. The summed E-state index contributed by atoms with van der Waals surface area (Å²) in [5.74, 6) is -1.21. The molecule has 2 amide bonds. The van der Waals surface area contributed by atoms with E-state index in [2.05, 4.69) is 41.3 Å². The number of fused-ring (bicyclic) bond motifs is 1. The molecule has 7 atom stereocenters. The van der Waals surface area contributed by atoms with Crippen molar-refractivity contribution < 1.29 is 85.2 Å². The van der Waals surface area contributed by atoms with Gasteiger partial charge in [0.1, 0.15) is 36.3 Å². The van der Waals surface area contributed by atoms with E-state index in [0.717, 1.165) is 48.2 Å². The molecule has 2 aromatic heterocycles. The second kappa shape index (κ2) is 25.2. The minimum Gasteiger partial charge on any atom is -0.458 e. The van der Waals surface area contributed by atoms with Crippen molar-refractivity contribution in [1.82, 2.24) is 30.2 Å². The number of aliphatic hydroxyl groups is 2. The number of thioether (sulfide) groups is 1. The van der Waals surface area contributed by atoms with Gasteiger partial charge in [-0.3, -0.25) is 27.7 Å². The first kappa shape index (κ1) is 53.7. The number of ether oxygens (including phenoxy) is 2. The number of rotatable bonds is 29. The highest BCUT2D eigenvalue weighted by molar-refractivity contribution is 8.13. The highest BCUT2D eigenvalue weighted by atomic mass is 32.2. The molecule has 0 spiro atoms. The molecule has 29 heteroatoms. The largest absolute Gasteiger partial charge is 0.481 e. The summed E-state index contributed by atoms with van der Waals surface area (Å²) >= 11 is 0.927. The smallest absolute Gasteiger partial charge is 0.458 e. The number of nitrogen functional groups attached to an aromatic ring is 1. The zero-order valence-corrected chi connectivity index (χ0v) is 38.1. The zero-order chi connectivity index (χ0) is 46.1. The number of nitrogens with one attached hydrogen (secondary N) is 2. The van der Waals surface area contributed by atoms with Crippen molar-refractivity contribution in [2.45, 2.75) is 116 Å². The number of phosphoric acid groups is 3. The summed E-state index contributed by atoms with van der Waals surface area (Å²) in [6, 6.07) is 0. The molecule has 0 radical (unpaired) electrons. The SMILES string of the molecule is CCCCCCCCCCCOC(=O)SCCNC(=O)CCNC(=O)[C@H](O)C(C)(C)COP(=O)(O)OP(=O)(O)OC[C@H]1O[C@@H](n2cnc3c(N)ncnc32)[C@H](O)[C@@H]1OP(=O)(O)O. The summed E-state index contributed by atoms with van der Waals surface area (Å²) in [6.07, 6.45) is 3.37. The Hall–Kier alpha value is -2.64. The predicted molar refractivity (Wildman–Crippen MR) is 221 cm³/mol. The lowest BCUT2D eigenvalue weighted by molar-refractivity contribution is -0.137. The Balaban J connectivity index is 1.37. The summed E-state index contributed by atoms with van der Waals surface area (Å²) in [5, 5.41) is 26.0. The molecular weight excluding hydrogens is 907 g/mol. The standard InChI is InChI=1S/C33H58N7O18P3S/c1-4-5-6-7-8-9-10-11-12-16-53-32(45)62-17-15-35-23(41)13-14-36-30(44)27(43)33(2,3)19-55-61(51,52)58-60(49,50)54-18-22-26(57-59(46,47)48)25(42)31(56-22)40-21-39-24-28(34)37-20-38-29(24)40/h20-22,25-27,31,42-43H,4-19H2,1-3H3,(H,35,41)(H,36,44)(H,49,50)(H,51,52)(H2,34,37,38)(H2,46,47,48)/t22-,25-,26-,27+,31-/m1/s1. The fourth-order valence-electron chi connectivity index (χ4n) is 5.87. The minimum absolute atomic E-state index is 0.0302. The maximum atomic E-state index is 12.7. The summed E-state index contributed by atoms with van der Waals surface area (Å²) in [7, 11) is -16.4. The second-order valence-corrected chi connectivity index (χ2v) is 20.1. The van der Waals surface area contributed by atoms with E-state index in [0.29, 0.717) is 6.61 Å². The van der Waals surface area contributed by atoms with Gasteiger partial charge in [0.25, 0.3) is 0 Å².